The summed E-state index contributed by atoms with van der Waals surface area (Å²) in [4.78, 5) is 40.3. The molecule has 0 radical (unpaired) electrons. The van der Waals surface area contributed by atoms with Crippen LogP contribution in [0.5, 0.6) is 0 Å². The molecule has 202 valence electrons. The molecule has 40 heavy (non-hydrogen) atoms. The van der Waals surface area contributed by atoms with Gasteiger partial charge in [0.15, 0.2) is 16.6 Å². The molecular weight excluding hydrogens is 526 g/mol. The number of hydrogen-bond acceptors (Lipinski definition) is 10. The number of nitrogens with zero attached hydrogens (tertiary/aromatic N) is 5. The minimum absolute atomic E-state index is 0.0886. The van der Waals surface area contributed by atoms with Crippen LogP contribution >= 0.6 is 11.3 Å². The van der Waals surface area contributed by atoms with Crippen molar-refractivity contribution < 1.29 is 9.32 Å². The Balaban J connectivity index is 1.25. The molecule has 11 heteroatoms. The van der Waals surface area contributed by atoms with Crippen molar-refractivity contribution in [3.8, 4) is 10.8 Å². The van der Waals surface area contributed by atoms with Crippen molar-refractivity contribution in [2.45, 2.75) is 38.1 Å². The van der Waals surface area contributed by atoms with Gasteiger partial charge in [-0.2, -0.15) is 4.98 Å². The van der Waals surface area contributed by atoms with Crippen molar-refractivity contribution in [1.29, 1.82) is 0 Å². The number of pyridine rings is 1. The number of hydrogen-bond donors (Lipinski definition) is 2. The molecule has 1 saturated heterocycles. The van der Waals surface area contributed by atoms with Crippen LogP contribution in [0.2, 0.25) is 0 Å². The van der Waals surface area contributed by atoms with E-state index in [-0.39, 0.29) is 29.4 Å². The van der Waals surface area contributed by atoms with Gasteiger partial charge >= 0.3 is 0 Å². The minimum atomic E-state index is -0.384. The van der Waals surface area contributed by atoms with E-state index >= 15 is 0 Å². The largest absolute Gasteiger partial charge is 0.353 e. The van der Waals surface area contributed by atoms with Crippen LogP contribution < -0.4 is 16.2 Å². The van der Waals surface area contributed by atoms with Crippen molar-refractivity contribution in [1.82, 2.24) is 30.0 Å². The first-order valence-electron chi connectivity index (χ1n) is 13.5. The lowest BCUT2D eigenvalue weighted by molar-refractivity contribution is 0.0966. The molecule has 2 aliphatic rings. The third kappa shape index (κ3) is 4.82. The summed E-state index contributed by atoms with van der Waals surface area (Å²) in [6.45, 7) is 2.21. The van der Waals surface area contributed by atoms with Crippen molar-refractivity contribution in [2.75, 3.05) is 18.4 Å². The molecule has 5 aromatic rings. The van der Waals surface area contributed by atoms with E-state index in [9.17, 15) is 9.59 Å². The summed E-state index contributed by atoms with van der Waals surface area (Å²) in [5.41, 5.74) is 3.04. The van der Waals surface area contributed by atoms with E-state index in [0.717, 1.165) is 31.6 Å². The third-order valence-corrected chi connectivity index (χ3v) is 8.35. The van der Waals surface area contributed by atoms with E-state index in [1.54, 1.807) is 24.7 Å². The topological polar surface area (TPSA) is 128 Å². The fourth-order valence-electron chi connectivity index (χ4n) is 5.27. The van der Waals surface area contributed by atoms with Gasteiger partial charge in [-0.25, -0.2) is 9.97 Å². The Morgan fingerprint density at radius 3 is 2.77 bits per heavy atom. The predicted octanol–water partition coefficient (Wildman–Crippen LogP) is 4.75. The summed E-state index contributed by atoms with van der Waals surface area (Å²) < 4.78 is 7.00. The summed E-state index contributed by atoms with van der Waals surface area (Å²) in [5, 5.41) is 13.8. The number of rotatable bonds is 8. The average Bonchev–Trinajstić information content (AvgIpc) is 3.49. The fourth-order valence-corrected chi connectivity index (χ4v) is 5.91. The third-order valence-electron chi connectivity index (χ3n) is 7.57. The molecule has 7 rings (SSSR count). The van der Waals surface area contributed by atoms with E-state index in [4.69, 9.17) is 9.51 Å². The molecule has 5 heterocycles. The Morgan fingerprint density at radius 2 is 2.02 bits per heavy atom. The van der Waals surface area contributed by atoms with Crippen molar-refractivity contribution in [3.63, 3.8) is 0 Å². The second-order valence-corrected chi connectivity index (χ2v) is 11.3. The van der Waals surface area contributed by atoms with Gasteiger partial charge in [0.25, 0.3) is 5.56 Å². The molecule has 2 N–H and O–H groups in total. The van der Waals surface area contributed by atoms with E-state index in [1.165, 1.54) is 34.3 Å². The Morgan fingerprint density at radius 1 is 1.15 bits per heavy atom. The standard InChI is InChI=1S/C29H27N7O3S/c37-24(18-3-4-18)23-12-20-14-32-29(34-22-7-5-17(6-8-22)19-2-1-9-30-13-19)35-26(20)36(28(23)38)16-21-15-33-39-25(21)27-31-10-11-40-27/h5-8,10-12,14-15,18-19,30H,1-4,9,13,16H2,(H,32,34,35). The van der Waals surface area contributed by atoms with Crippen molar-refractivity contribution in [2.24, 2.45) is 5.92 Å². The van der Waals surface area contributed by atoms with Gasteiger partial charge in [0.1, 0.15) is 5.65 Å². The van der Waals surface area contributed by atoms with Crippen LogP contribution in [0.4, 0.5) is 11.6 Å². The number of fused-ring (bicyclic) bond motifs is 1. The van der Waals surface area contributed by atoms with Crippen LogP contribution in [-0.2, 0) is 6.54 Å². The number of thiazole rings is 1. The highest BCUT2D eigenvalue weighted by Gasteiger charge is 2.33. The van der Waals surface area contributed by atoms with Crippen LogP contribution in [0.15, 0.2) is 63.6 Å². The molecular formula is C29H27N7O3S. The number of nitrogens with one attached hydrogen (secondary N) is 2. The number of aromatic nitrogens is 5. The summed E-state index contributed by atoms with van der Waals surface area (Å²) in [6.07, 6.45) is 8.91. The Labute approximate surface area is 233 Å². The maximum absolute atomic E-state index is 13.7. The molecule has 4 aromatic heterocycles. The van der Waals surface area contributed by atoms with Gasteiger partial charge in [-0.1, -0.05) is 17.3 Å². The number of carbonyl (C=O) groups is 1. The van der Waals surface area contributed by atoms with Crippen LogP contribution in [0.3, 0.4) is 0 Å². The number of Topliss-reactive ketones (excluding diaryl/α,β-unsaturated/α-hetero) is 1. The van der Waals surface area contributed by atoms with E-state index < -0.39 is 0 Å². The molecule has 1 atom stereocenters. The molecule has 2 fully saturated rings. The van der Waals surface area contributed by atoms with E-state index in [2.05, 4.69) is 37.9 Å². The quantitative estimate of drug-likeness (QED) is 0.262. The first-order valence-corrected chi connectivity index (χ1v) is 14.4. The molecule has 0 bridgehead atoms. The first-order chi connectivity index (χ1) is 19.6. The zero-order chi connectivity index (χ0) is 27.1. The highest BCUT2D eigenvalue weighted by Crippen LogP contribution is 2.33. The molecule has 0 spiro atoms. The first kappa shape index (κ1) is 24.8. The SMILES string of the molecule is O=C(c1cc2cnc(Nc3ccc(C4CCCNC4)cc3)nc2n(Cc2cnoc2-c2nccs2)c1=O)C1CC1. The molecule has 1 aliphatic carbocycles. The van der Waals surface area contributed by atoms with Crippen LogP contribution in [-0.4, -0.2) is 43.5 Å². The second kappa shape index (κ2) is 10.4. The van der Waals surface area contributed by atoms with Crippen molar-refractivity contribution >= 4 is 39.8 Å². The number of piperidine rings is 1. The lowest BCUT2D eigenvalue weighted by atomic mass is 9.92. The summed E-state index contributed by atoms with van der Waals surface area (Å²) in [5.74, 6) is 1.17. The van der Waals surface area contributed by atoms with Gasteiger partial charge in [0.05, 0.1) is 18.3 Å². The monoisotopic (exact) mass is 553 g/mol. The minimum Gasteiger partial charge on any atom is -0.353 e. The number of benzene rings is 1. The van der Waals surface area contributed by atoms with Gasteiger partial charge in [0.2, 0.25) is 5.95 Å². The highest BCUT2D eigenvalue weighted by atomic mass is 32.1. The number of ketones is 1. The maximum atomic E-state index is 13.7. The Kier molecular flexibility index (Phi) is 6.45. The van der Waals surface area contributed by atoms with Crippen LogP contribution in [0.1, 0.15) is 53.1 Å². The molecule has 1 aliphatic heterocycles. The fraction of sp³-hybridized carbons (Fsp3) is 0.310. The maximum Gasteiger partial charge on any atom is 0.263 e. The van der Waals surface area contributed by atoms with Crippen LogP contribution in [0, 0.1) is 5.92 Å². The normalized spacial score (nSPS) is 17.2. The lowest BCUT2D eigenvalue weighted by Crippen LogP contribution is -2.28. The molecule has 0 amide bonds. The van der Waals surface area contributed by atoms with Gasteiger partial charge in [0, 0.05) is 46.9 Å². The molecule has 1 aromatic carbocycles. The highest BCUT2D eigenvalue weighted by molar-refractivity contribution is 7.13. The van der Waals surface area contributed by atoms with Gasteiger partial charge in [-0.3, -0.25) is 14.2 Å². The molecule has 1 unspecified atom stereocenters. The van der Waals surface area contributed by atoms with Crippen molar-refractivity contribution in [3.05, 3.63) is 81.3 Å². The molecule has 1 saturated carbocycles. The zero-order valence-electron chi connectivity index (χ0n) is 21.7. The van der Waals surface area contributed by atoms with E-state index in [0.29, 0.717) is 39.2 Å². The van der Waals surface area contributed by atoms with Crippen LogP contribution in [0.25, 0.3) is 21.8 Å². The Hall–Kier alpha value is -4.22. The smallest absolute Gasteiger partial charge is 0.263 e. The Bertz CT molecular complexity index is 1730. The summed E-state index contributed by atoms with van der Waals surface area (Å²) >= 11 is 1.42. The zero-order valence-corrected chi connectivity index (χ0v) is 22.5. The van der Waals surface area contributed by atoms with Gasteiger partial charge in [-0.05, 0) is 61.9 Å². The van der Waals surface area contributed by atoms with E-state index in [1.807, 2.05) is 17.5 Å². The lowest BCUT2D eigenvalue weighted by Gasteiger charge is -2.23. The van der Waals surface area contributed by atoms with Gasteiger partial charge in [-0.15, -0.1) is 11.3 Å². The predicted molar refractivity (Wildman–Crippen MR) is 152 cm³/mol. The summed E-state index contributed by atoms with van der Waals surface area (Å²) in [7, 11) is 0. The number of carbonyl (C=O) groups excluding carboxylic acids is 1. The molecule has 10 nitrogen and oxygen atoms in total. The second-order valence-electron chi connectivity index (χ2n) is 10.4. The average molecular weight is 554 g/mol. The number of anilines is 2. The van der Waals surface area contributed by atoms with Gasteiger partial charge < -0.3 is 15.2 Å². The summed E-state index contributed by atoms with van der Waals surface area (Å²) in [6, 6.07) is 9.96.